The van der Waals surface area contributed by atoms with Crippen LogP contribution in [0.25, 0.3) is 11.0 Å². The van der Waals surface area contributed by atoms with E-state index in [-0.39, 0.29) is 23.1 Å². The van der Waals surface area contributed by atoms with Crippen LogP contribution in [0.15, 0.2) is 47.4 Å². The number of sulfonamides is 1. The minimum atomic E-state index is -3.79. The second-order valence-electron chi connectivity index (χ2n) is 7.21. The Kier molecular flexibility index (Phi) is 5.63. The predicted octanol–water partition coefficient (Wildman–Crippen LogP) is 2.93. The van der Waals surface area contributed by atoms with Crippen molar-refractivity contribution in [1.82, 2.24) is 13.1 Å². The highest BCUT2D eigenvalue weighted by Crippen LogP contribution is 2.28. The number of ketones is 1. The van der Waals surface area contributed by atoms with E-state index in [1.165, 1.54) is 17.3 Å². The second kappa shape index (κ2) is 8.21. The summed E-state index contributed by atoms with van der Waals surface area (Å²) in [6.45, 7) is 1.94. The third kappa shape index (κ3) is 3.98. The van der Waals surface area contributed by atoms with Gasteiger partial charge in [0.1, 0.15) is 15.9 Å². The Morgan fingerprint density at radius 2 is 1.90 bits per heavy atom. The van der Waals surface area contributed by atoms with Gasteiger partial charge in [0.15, 0.2) is 5.78 Å². The Morgan fingerprint density at radius 1 is 1.13 bits per heavy atom. The first-order valence-electron chi connectivity index (χ1n) is 9.49. The zero-order valence-corrected chi connectivity index (χ0v) is 17.9. The smallest absolute Gasteiger partial charge is 0.245 e. The Bertz CT molecular complexity index is 1210. The molecule has 1 aliphatic heterocycles. The van der Waals surface area contributed by atoms with Crippen molar-refractivity contribution in [3.63, 3.8) is 0 Å². The first kappa shape index (κ1) is 20.6. The molecule has 2 heterocycles. The molecule has 0 aliphatic carbocycles. The van der Waals surface area contributed by atoms with E-state index in [2.05, 4.69) is 14.1 Å². The van der Waals surface area contributed by atoms with Crippen LogP contribution in [-0.2, 0) is 14.8 Å². The van der Waals surface area contributed by atoms with Crippen LogP contribution >= 0.6 is 11.7 Å². The first-order chi connectivity index (χ1) is 14.4. The van der Waals surface area contributed by atoms with Crippen LogP contribution in [-0.4, -0.2) is 46.3 Å². The average molecular weight is 445 g/mol. The van der Waals surface area contributed by atoms with Gasteiger partial charge >= 0.3 is 0 Å². The Balaban J connectivity index is 1.50. The lowest BCUT2D eigenvalue weighted by molar-refractivity contribution is -0.120. The molecule has 1 aliphatic rings. The number of nitrogens with zero attached hydrogens (tertiary/aromatic N) is 3. The van der Waals surface area contributed by atoms with E-state index in [4.69, 9.17) is 0 Å². The summed E-state index contributed by atoms with van der Waals surface area (Å²) in [6, 6.07) is 11.5. The molecular formula is C20H20N4O4S2. The number of rotatable bonds is 5. The number of piperidine rings is 1. The van der Waals surface area contributed by atoms with Crippen LogP contribution < -0.4 is 5.32 Å². The Morgan fingerprint density at radius 3 is 2.63 bits per heavy atom. The highest BCUT2D eigenvalue weighted by molar-refractivity contribution is 7.89. The average Bonchev–Trinajstić information content (AvgIpc) is 3.23. The quantitative estimate of drug-likeness (QED) is 0.606. The highest BCUT2D eigenvalue weighted by atomic mass is 32.2. The number of carbonyl (C=O) groups is 2. The molecule has 8 nitrogen and oxygen atoms in total. The van der Waals surface area contributed by atoms with Gasteiger partial charge in [-0.15, -0.1) is 0 Å². The number of nitrogens with one attached hydrogen (secondary N) is 1. The van der Waals surface area contributed by atoms with Crippen LogP contribution in [0, 0.1) is 5.92 Å². The molecule has 156 valence electrons. The van der Waals surface area contributed by atoms with Gasteiger partial charge in [-0.1, -0.05) is 6.07 Å². The van der Waals surface area contributed by atoms with Crippen LogP contribution in [0.1, 0.15) is 30.1 Å². The van der Waals surface area contributed by atoms with E-state index in [1.54, 1.807) is 36.4 Å². The van der Waals surface area contributed by atoms with Gasteiger partial charge in [-0.05, 0) is 56.2 Å². The summed E-state index contributed by atoms with van der Waals surface area (Å²) in [5.41, 5.74) is 2.04. The molecule has 0 radical (unpaired) electrons. The van der Waals surface area contributed by atoms with E-state index in [0.29, 0.717) is 41.7 Å². The molecule has 1 atom stereocenters. The largest absolute Gasteiger partial charge is 0.326 e. The number of aromatic nitrogens is 2. The van der Waals surface area contributed by atoms with Gasteiger partial charge < -0.3 is 5.32 Å². The monoisotopic (exact) mass is 444 g/mol. The van der Waals surface area contributed by atoms with E-state index in [0.717, 1.165) is 11.7 Å². The molecule has 1 fully saturated rings. The molecule has 3 aromatic rings. The van der Waals surface area contributed by atoms with Crippen molar-refractivity contribution in [1.29, 1.82) is 0 Å². The summed E-state index contributed by atoms with van der Waals surface area (Å²) < 4.78 is 36.0. The number of carbonyl (C=O) groups excluding carboxylic acids is 2. The number of hydrogen-bond donors (Lipinski definition) is 1. The van der Waals surface area contributed by atoms with E-state index < -0.39 is 15.9 Å². The van der Waals surface area contributed by atoms with Crippen molar-refractivity contribution < 1.29 is 18.0 Å². The van der Waals surface area contributed by atoms with Gasteiger partial charge in [-0.25, -0.2) is 8.42 Å². The minimum absolute atomic E-state index is 0.0497. The normalized spacial score (nSPS) is 17.7. The van der Waals surface area contributed by atoms with Crippen molar-refractivity contribution in [3.8, 4) is 0 Å². The number of hydrogen-bond acceptors (Lipinski definition) is 7. The molecule has 1 aromatic heterocycles. The molecule has 4 rings (SSSR count). The molecule has 0 saturated carbocycles. The van der Waals surface area contributed by atoms with E-state index >= 15 is 0 Å². The molecular weight excluding hydrogens is 424 g/mol. The van der Waals surface area contributed by atoms with Crippen LogP contribution in [0.5, 0.6) is 0 Å². The lowest BCUT2D eigenvalue weighted by Crippen LogP contribution is -2.43. The van der Waals surface area contributed by atoms with Crippen molar-refractivity contribution in [2.45, 2.75) is 24.7 Å². The van der Waals surface area contributed by atoms with Gasteiger partial charge in [-0.3, -0.25) is 9.59 Å². The third-order valence-corrected chi connectivity index (χ3v) is 7.62. The molecule has 1 N–H and O–H groups in total. The first-order valence-corrected chi connectivity index (χ1v) is 11.7. The van der Waals surface area contributed by atoms with Crippen LogP contribution in [0.3, 0.4) is 0 Å². The molecule has 10 heteroatoms. The number of Topliss-reactive ketones (excluding diaryl/α,β-unsaturated/α-hetero) is 1. The number of anilines is 1. The van der Waals surface area contributed by atoms with Crippen LogP contribution in [0.4, 0.5) is 5.69 Å². The van der Waals surface area contributed by atoms with Gasteiger partial charge in [-0.2, -0.15) is 13.1 Å². The zero-order chi connectivity index (χ0) is 21.3. The van der Waals surface area contributed by atoms with Gasteiger partial charge in [0.05, 0.1) is 17.6 Å². The fraction of sp³-hybridized carbons (Fsp3) is 0.300. The van der Waals surface area contributed by atoms with Crippen LogP contribution in [0.2, 0.25) is 0 Å². The van der Waals surface area contributed by atoms with E-state index in [1.807, 2.05) is 0 Å². The molecule has 0 bridgehead atoms. The maximum absolute atomic E-state index is 13.2. The maximum Gasteiger partial charge on any atom is 0.245 e. The Hall–Kier alpha value is -2.69. The van der Waals surface area contributed by atoms with Gasteiger partial charge in [0.2, 0.25) is 15.9 Å². The third-order valence-electron chi connectivity index (χ3n) is 5.18. The zero-order valence-electron chi connectivity index (χ0n) is 16.2. The molecule has 0 spiro atoms. The SMILES string of the molecule is CC(=O)c1ccc(NC(=O)[C@@H]2CCCN(S(=O)(=O)c3cccc4nsnc34)C2)cc1. The standard InChI is InChI=1S/C20H20N4O4S2/c1-13(25)14-7-9-16(10-8-14)21-20(26)15-4-3-11-24(12-15)30(27,28)18-6-2-5-17-19(18)23-29-22-17/h2,5-10,15H,3-4,11-12H2,1H3,(H,21,26)/t15-/m1/s1. The molecule has 0 unspecified atom stereocenters. The summed E-state index contributed by atoms with van der Waals surface area (Å²) in [7, 11) is -3.79. The van der Waals surface area contributed by atoms with Crippen molar-refractivity contribution in [2.24, 2.45) is 5.92 Å². The topological polar surface area (TPSA) is 109 Å². The molecule has 2 aromatic carbocycles. The molecule has 1 amide bonds. The molecule has 30 heavy (non-hydrogen) atoms. The minimum Gasteiger partial charge on any atom is -0.326 e. The number of benzene rings is 2. The highest BCUT2D eigenvalue weighted by Gasteiger charge is 2.34. The van der Waals surface area contributed by atoms with Crippen molar-refractivity contribution in [2.75, 3.05) is 18.4 Å². The lowest BCUT2D eigenvalue weighted by Gasteiger charge is -2.31. The second-order valence-corrected chi connectivity index (χ2v) is 9.65. The summed E-state index contributed by atoms with van der Waals surface area (Å²) in [6.07, 6.45) is 1.19. The fourth-order valence-corrected chi connectivity index (χ4v) is 5.81. The van der Waals surface area contributed by atoms with Crippen molar-refractivity contribution >= 4 is 50.2 Å². The summed E-state index contributed by atoms with van der Waals surface area (Å²) in [4.78, 5) is 24.2. The fourth-order valence-electron chi connectivity index (χ4n) is 3.54. The summed E-state index contributed by atoms with van der Waals surface area (Å²) in [5.74, 6) is -0.751. The predicted molar refractivity (Wildman–Crippen MR) is 114 cm³/mol. The van der Waals surface area contributed by atoms with E-state index in [9.17, 15) is 18.0 Å². The summed E-state index contributed by atoms with van der Waals surface area (Å²) in [5, 5.41) is 2.82. The molecule has 1 saturated heterocycles. The number of amides is 1. The summed E-state index contributed by atoms with van der Waals surface area (Å²) >= 11 is 0.971. The van der Waals surface area contributed by atoms with Gasteiger partial charge in [0.25, 0.3) is 0 Å². The Labute approximate surface area is 178 Å². The van der Waals surface area contributed by atoms with Crippen molar-refractivity contribution in [3.05, 3.63) is 48.0 Å². The van der Waals surface area contributed by atoms with Gasteiger partial charge in [0, 0.05) is 24.3 Å². The lowest BCUT2D eigenvalue weighted by atomic mass is 9.98. The number of fused-ring (bicyclic) bond motifs is 1. The maximum atomic E-state index is 13.2.